The van der Waals surface area contributed by atoms with Crippen LogP contribution in [0.25, 0.3) is 11.0 Å². The van der Waals surface area contributed by atoms with E-state index in [4.69, 9.17) is 4.74 Å². The minimum Gasteiger partial charge on any atom is -0.358 e. The van der Waals surface area contributed by atoms with Crippen LogP contribution in [0.1, 0.15) is 25.5 Å². The first-order valence-electron chi connectivity index (χ1n) is 6.09. The number of nitro benzene ring substituents is 1. The molecule has 19 heavy (non-hydrogen) atoms. The highest BCUT2D eigenvalue weighted by atomic mass is 79.9. The van der Waals surface area contributed by atoms with Gasteiger partial charge >= 0.3 is 0 Å². The molecular weight excluding hydrogens is 314 g/mol. The van der Waals surface area contributed by atoms with Crippen molar-refractivity contribution in [3.63, 3.8) is 0 Å². The molecular formula is C12H12BrN3O3. The molecule has 100 valence electrons. The molecule has 1 aromatic heterocycles. The van der Waals surface area contributed by atoms with E-state index >= 15 is 0 Å². The maximum Gasteiger partial charge on any atom is 0.272 e. The zero-order valence-corrected chi connectivity index (χ0v) is 11.7. The Balaban J connectivity index is 2.12. The highest BCUT2D eigenvalue weighted by Crippen LogP contribution is 2.32. The van der Waals surface area contributed by atoms with Crippen molar-refractivity contribution in [2.24, 2.45) is 0 Å². The Kier molecular flexibility index (Phi) is 3.24. The van der Waals surface area contributed by atoms with E-state index in [9.17, 15) is 10.1 Å². The van der Waals surface area contributed by atoms with Crippen molar-refractivity contribution in [2.75, 3.05) is 6.61 Å². The topological polar surface area (TPSA) is 70.2 Å². The summed E-state index contributed by atoms with van der Waals surface area (Å²) in [6, 6.07) is 3.02. The maximum absolute atomic E-state index is 10.9. The molecule has 0 amide bonds. The van der Waals surface area contributed by atoms with Crippen LogP contribution in [0.5, 0.6) is 0 Å². The summed E-state index contributed by atoms with van der Waals surface area (Å²) in [5.41, 5.74) is 1.50. The zero-order valence-electron chi connectivity index (χ0n) is 10.1. The molecule has 0 spiro atoms. The van der Waals surface area contributed by atoms with Gasteiger partial charge < -0.3 is 9.30 Å². The number of hydrogen-bond donors (Lipinski definition) is 0. The Morgan fingerprint density at radius 3 is 3.00 bits per heavy atom. The lowest BCUT2D eigenvalue weighted by Crippen LogP contribution is -2.17. The van der Waals surface area contributed by atoms with Crippen LogP contribution in [0, 0.1) is 10.1 Å². The average Bonchev–Trinajstić information content (AvgIpc) is 2.84. The largest absolute Gasteiger partial charge is 0.358 e. The van der Waals surface area contributed by atoms with E-state index in [0.717, 1.165) is 36.9 Å². The Bertz CT molecular complexity index is 634. The van der Waals surface area contributed by atoms with Gasteiger partial charge in [-0.2, -0.15) is 0 Å². The lowest BCUT2D eigenvalue weighted by Gasteiger charge is -2.24. The summed E-state index contributed by atoms with van der Waals surface area (Å²) < 4.78 is 8.22. The van der Waals surface area contributed by atoms with Gasteiger partial charge in [0, 0.05) is 18.7 Å². The number of fused-ring (bicyclic) bond motifs is 1. The van der Waals surface area contributed by atoms with Gasteiger partial charge in [0.2, 0.25) is 0 Å². The smallest absolute Gasteiger partial charge is 0.272 e. The van der Waals surface area contributed by atoms with Crippen molar-refractivity contribution in [1.29, 1.82) is 0 Å². The van der Waals surface area contributed by atoms with Crippen molar-refractivity contribution < 1.29 is 9.66 Å². The maximum atomic E-state index is 10.9. The first-order valence-corrected chi connectivity index (χ1v) is 6.88. The SMILES string of the molecule is O=[N+]([O-])c1cc(Br)c2ncn(C3CCCCO3)c2c1. The molecule has 2 aromatic rings. The van der Waals surface area contributed by atoms with Crippen molar-refractivity contribution in [1.82, 2.24) is 9.55 Å². The summed E-state index contributed by atoms with van der Waals surface area (Å²) in [5.74, 6) is 0. The van der Waals surface area contributed by atoms with Crippen LogP contribution < -0.4 is 0 Å². The summed E-state index contributed by atoms with van der Waals surface area (Å²) in [7, 11) is 0. The molecule has 0 aliphatic carbocycles. The van der Waals surface area contributed by atoms with Crippen molar-refractivity contribution in [3.05, 3.63) is 33.0 Å². The molecule has 1 atom stereocenters. The molecule has 1 fully saturated rings. The number of imidazole rings is 1. The van der Waals surface area contributed by atoms with Crippen LogP contribution >= 0.6 is 15.9 Å². The molecule has 0 bridgehead atoms. The number of aromatic nitrogens is 2. The molecule has 1 unspecified atom stereocenters. The third kappa shape index (κ3) is 2.23. The lowest BCUT2D eigenvalue weighted by molar-refractivity contribution is -0.384. The predicted molar refractivity (Wildman–Crippen MR) is 72.9 cm³/mol. The van der Waals surface area contributed by atoms with Gasteiger partial charge in [-0.25, -0.2) is 4.98 Å². The molecule has 6 nitrogen and oxygen atoms in total. The second-order valence-electron chi connectivity index (χ2n) is 4.53. The van der Waals surface area contributed by atoms with E-state index in [1.165, 1.54) is 6.07 Å². The number of ether oxygens (including phenoxy) is 1. The predicted octanol–water partition coefficient (Wildman–Crippen LogP) is 3.41. The summed E-state index contributed by atoms with van der Waals surface area (Å²) in [6.07, 6.45) is 4.68. The van der Waals surface area contributed by atoms with Gasteiger partial charge in [-0.3, -0.25) is 10.1 Å². The van der Waals surface area contributed by atoms with Crippen LogP contribution in [0.3, 0.4) is 0 Å². The van der Waals surface area contributed by atoms with Crippen LogP contribution in [0.15, 0.2) is 22.9 Å². The van der Waals surface area contributed by atoms with E-state index in [0.29, 0.717) is 4.47 Å². The monoisotopic (exact) mass is 325 g/mol. The average molecular weight is 326 g/mol. The summed E-state index contributed by atoms with van der Waals surface area (Å²) in [5, 5.41) is 10.9. The third-order valence-corrected chi connectivity index (χ3v) is 3.90. The summed E-state index contributed by atoms with van der Waals surface area (Å²) >= 11 is 3.33. The number of rotatable bonds is 2. The van der Waals surface area contributed by atoms with Gasteiger partial charge in [0.15, 0.2) is 0 Å². The first kappa shape index (κ1) is 12.6. The molecule has 1 saturated heterocycles. The molecule has 0 radical (unpaired) electrons. The van der Waals surface area contributed by atoms with E-state index in [-0.39, 0.29) is 11.9 Å². The third-order valence-electron chi connectivity index (χ3n) is 3.29. The molecule has 0 saturated carbocycles. The van der Waals surface area contributed by atoms with E-state index in [1.54, 1.807) is 12.4 Å². The first-order chi connectivity index (χ1) is 9.16. The van der Waals surface area contributed by atoms with Crippen molar-refractivity contribution in [3.8, 4) is 0 Å². The molecule has 3 rings (SSSR count). The number of benzene rings is 1. The lowest BCUT2D eigenvalue weighted by atomic mass is 10.2. The Morgan fingerprint density at radius 1 is 1.47 bits per heavy atom. The van der Waals surface area contributed by atoms with Crippen molar-refractivity contribution in [2.45, 2.75) is 25.5 Å². The number of nitrogens with zero attached hydrogens (tertiary/aromatic N) is 3. The van der Waals surface area contributed by atoms with E-state index in [1.807, 2.05) is 4.57 Å². The highest BCUT2D eigenvalue weighted by molar-refractivity contribution is 9.10. The summed E-state index contributed by atoms with van der Waals surface area (Å²) in [4.78, 5) is 14.8. The fourth-order valence-electron chi connectivity index (χ4n) is 2.36. The molecule has 0 N–H and O–H groups in total. The van der Waals surface area contributed by atoms with E-state index in [2.05, 4.69) is 20.9 Å². The molecule has 7 heteroatoms. The van der Waals surface area contributed by atoms with Gasteiger partial charge in [-0.1, -0.05) is 0 Å². The summed E-state index contributed by atoms with van der Waals surface area (Å²) in [6.45, 7) is 0.723. The zero-order chi connectivity index (χ0) is 13.4. The second kappa shape index (κ2) is 4.90. The molecule has 2 heterocycles. The number of hydrogen-bond acceptors (Lipinski definition) is 4. The van der Waals surface area contributed by atoms with Crippen LogP contribution in [0.4, 0.5) is 5.69 Å². The number of nitro groups is 1. The van der Waals surface area contributed by atoms with Gasteiger partial charge in [0.1, 0.15) is 11.7 Å². The second-order valence-corrected chi connectivity index (χ2v) is 5.38. The fourth-order valence-corrected chi connectivity index (χ4v) is 2.90. The van der Waals surface area contributed by atoms with E-state index < -0.39 is 4.92 Å². The Hall–Kier alpha value is -1.47. The number of non-ortho nitro benzene ring substituents is 1. The normalized spacial score (nSPS) is 19.7. The van der Waals surface area contributed by atoms with Crippen molar-refractivity contribution >= 4 is 32.7 Å². The quantitative estimate of drug-likeness (QED) is 0.626. The van der Waals surface area contributed by atoms with Gasteiger partial charge in [0.25, 0.3) is 5.69 Å². The molecule has 1 aromatic carbocycles. The minimum atomic E-state index is -0.400. The number of halogens is 1. The molecule has 1 aliphatic rings. The van der Waals surface area contributed by atoms with Gasteiger partial charge in [0.05, 0.1) is 21.2 Å². The van der Waals surface area contributed by atoms with Gasteiger partial charge in [-0.05, 0) is 35.2 Å². The Labute approximate surface area is 117 Å². The minimum absolute atomic E-state index is 0.0527. The standard InChI is InChI=1S/C12H12BrN3O3/c13-9-5-8(16(17)18)6-10-12(9)14-7-15(10)11-3-1-2-4-19-11/h5-7,11H,1-4H2. The Morgan fingerprint density at radius 2 is 2.32 bits per heavy atom. The fraction of sp³-hybridized carbons (Fsp3) is 0.417. The van der Waals surface area contributed by atoms with Crippen LogP contribution in [-0.2, 0) is 4.74 Å². The highest BCUT2D eigenvalue weighted by Gasteiger charge is 2.20. The molecule has 1 aliphatic heterocycles. The van der Waals surface area contributed by atoms with Crippen LogP contribution in [0.2, 0.25) is 0 Å². The van der Waals surface area contributed by atoms with Crippen LogP contribution in [-0.4, -0.2) is 21.1 Å². The van der Waals surface area contributed by atoms with Gasteiger partial charge in [-0.15, -0.1) is 0 Å².